The van der Waals surface area contributed by atoms with Crippen LogP contribution >= 0.6 is 0 Å². The quantitative estimate of drug-likeness (QED) is 0.592. The summed E-state index contributed by atoms with van der Waals surface area (Å²) in [7, 11) is 0. The SMILES string of the molecule is CC(C)CC(=O)ONCCc1ccccc1. The Hall–Kier alpha value is -1.35. The van der Waals surface area contributed by atoms with Gasteiger partial charge in [-0.1, -0.05) is 44.2 Å². The second-order valence-electron chi connectivity index (χ2n) is 4.20. The molecule has 0 saturated carbocycles. The van der Waals surface area contributed by atoms with Crippen LogP contribution in [0.5, 0.6) is 0 Å². The van der Waals surface area contributed by atoms with Gasteiger partial charge in [0.25, 0.3) is 0 Å². The topological polar surface area (TPSA) is 38.3 Å². The number of rotatable bonds is 6. The predicted octanol–water partition coefficient (Wildman–Crippen LogP) is 2.32. The molecule has 1 rings (SSSR count). The molecule has 3 nitrogen and oxygen atoms in total. The molecule has 0 amide bonds. The molecule has 1 aromatic rings. The number of hydrogen-bond acceptors (Lipinski definition) is 3. The van der Waals surface area contributed by atoms with Crippen molar-refractivity contribution in [1.82, 2.24) is 5.48 Å². The Kier molecular flexibility index (Phi) is 5.57. The van der Waals surface area contributed by atoms with E-state index in [2.05, 4.69) is 17.6 Å². The Morgan fingerprint density at radius 2 is 2.00 bits per heavy atom. The molecule has 0 bridgehead atoms. The molecular weight excluding hydrogens is 202 g/mol. The third-order valence-electron chi connectivity index (χ3n) is 2.12. The summed E-state index contributed by atoms with van der Waals surface area (Å²) in [5.41, 5.74) is 3.92. The molecule has 1 N–H and O–H groups in total. The van der Waals surface area contributed by atoms with Crippen LogP contribution in [0.4, 0.5) is 0 Å². The number of carbonyl (C=O) groups excluding carboxylic acids is 1. The van der Waals surface area contributed by atoms with Gasteiger partial charge in [-0.2, -0.15) is 5.48 Å². The molecule has 0 unspecified atom stereocenters. The summed E-state index contributed by atoms with van der Waals surface area (Å²) in [5.74, 6) is 0.145. The highest BCUT2D eigenvalue weighted by molar-refractivity contribution is 5.69. The maximum atomic E-state index is 11.2. The molecule has 0 atom stereocenters. The van der Waals surface area contributed by atoms with Gasteiger partial charge in [0.05, 0.1) is 0 Å². The van der Waals surface area contributed by atoms with Crippen molar-refractivity contribution >= 4 is 5.97 Å². The van der Waals surface area contributed by atoms with Crippen molar-refractivity contribution in [3.63, 3.8) is 0 Å². The average Bonchev–Trinajstić information content (AvgIpc) is 2.25. The second-order valence-corrected chi connectivity index (χ2v) is 4.20. The van der Waals surface area contributed by atoms with Crippen LogP contribution in [0.3, 0.4) is 0 Å². The smallest absolute Gasteiger partial charge is 0.324 e. The zero-order valence-electron chi connectivity index (χ0n) is 9.90. The van der Waals surface area contributed by atoms with Crippen LogP contribution in [0.15, 0.2) is 30.3 Å². The minimum Gasteiger partial charge on any atom is -0.371 e. The molecule has 1 aromatic carbocycles. The van der Waals surface area contributed by atoms with Crippen LogP contribution in [0.1, 0.15) is 25.8 Å². The van der Waals surface area contributed by atoms with Gasteiger partial charge in [-0.15, -0.1) is 0 Å². The lowest BCUT2D eigenvalue weighted by atomic mass is 10.1. The summed E-state index contributed by atoms with van der Waals surface area (Å²) in [4.78, 5) is 16.1. The number of carbonyl (C=O) groups is 1. The molecule has 0 fully saturated rings. The van der Waals surface area contributed by atoms with Gasteiger partial charge in [-0.25, -0.2) is 0 Å². The van der Waals surface area contributed by atoms with E-state index in [1.807, 2.05) is 32.0 Å². The molecule has 0 aliphatic heterocycles. The maximum absolute atomic E-state index is 11.2. The van der Waals surface area contributed by atoms with Gasteiger partial charge in [-0.3, -0.25) is 4.79 Å². The fraction of sp³-hybridized carbons (Fsp3) is 0.462. The Labute approximate surface area is 96.8 Å². The van der Waals surface area contributed by atoms with Crippen LogP contribution in [-0.2, 0) is 16.1 Å². The first-order chi connectivity index (χ1) is 7.68. The summed E-state index contributed by atoms with van der Waals surface area (Å²) in [5, 5.41) is 0. The first kappa shape index (κ1) is 12.7. The lowest BCUT2D eigenvalue weighted by Gasteiger charge is -2.07. The van der Waals surface area contributed by atoms with Crippen LogP contribution in [-0.4, -0.2) is 12.5 Å². The van der Waals surface area contributed by atoms with Crippen molar-refractivity contribution in [3.8, 4) is 0 Å². The summed E-state index contributed by atoms with van der Waals surface area (Å²) in [6.07, 6.45) is 1.31. The summed E-state index contributed by atoms with van der Waals surface area (Å²) in [6, 6.07) is 10.1. The van der Waals surface area contributed by atoms with Gasteiger partial charge in [-0.05, 0) is 17.9 Å². The number of benzene rings is 1. The van der Waals surface area contributed by atoms with Crippen molar-refractivity contribution < 1.29 is 9.63 Å². The van der Waals surface area contributed by atoms with Crippen LogP contribution in [0.2, 0.25) is 0 Å². The van der Waals surface area contributed by atoms with Crippen LogP contribution in [0.25, 0.3) is 0 Å². The molecule has 3 heteroatoms. The summed E-state index contributed by atoms with van der Waals surface area (Å²) in [6.45, 7) is 4.63. The van der Waals surface area contributed by atoms with E-state index in [0.717, 1.165) is 6.42 Å². The van der Waals surface area contributed by atoms with E-state index >= 15 is 0 Å². The van der Waals surface area contributed by atoms with E-state index in [0.29, 0.717) is 18.9 Å². The average molecular weight is 221 g/mol. The standard InChI is InChI=1S/C13H19NO2/c1-11(2)10-13(15)16-14-9-8-12-6-4-3-5-7-12/h3-7,11,14H,8-10H2,1-2H3. The van der Waals surface area contributed by atoms with E-state index in [1.54, 1.807) is 0 Å². The molecule has 0 spiro atoms. The highest BCUT2D eigenvalue weighted by Gasteiger charge is 2.05. The molecule has 0 heterocycles. The molecule has 0 radical (unpaired) electrons. The fourth-order valence-corrected chi connectivity index (χ4v) is 1.35. The third-order valence-corrected chi connectivity index (χ3v) is 2.12. The first-order valence-electron chi connectivity index (χ1n) is 5.65. The van der Waals surface area contributed by atoms with Gasteiger partial charge < -0.3 is 4.84 Å². The Morgan fingerprint density at radius 1 is 1.31 bits per heavy atom. The molecule has 0 aliphatic carbocycles. The highest BCUT2D eigenvalue weighted by Crippen LogP contribution is 2.00. The molecule has 0 saturated heterocycles. The van der Waals surface area contributed by atoms with Crippen molar-refractivity contribution in [3.05, 3.63) is 35.9 Å². The van der Waals surface area contributed by atoms with Crippen molar-refractivity contribution in [2.24, 2.45) is 5.92 Å². The Bertz CT molecular complexity index is 309. The van der Waals surface area contributed by atoms with E-state index < -0.39 is 0 Å². The van der Waals surface area contributed by atoms with E-state index in [9.17, 15) is 4.79 Å². The van der Waals surface area contributed by atoms with Crippen LogP contribution in [0, 0.1) is 5.92 Å². The molecule has 16 heavy (non-hydrogen) atoms. The minimum atomic E-state index is -0.192. The summed E-state index contributed by atoms with van der Waals surface area (Å²) >= 11 is 0. The van der Waals surface area contributed by atoms with E-state index in [-0.39, 0.29) is 5.97 Å². The lowest BCUT2D eigenvalue weighted by molar-refractivity contribution is -0.151. The largest absolute Gasteiger partial charge is 0.371 e. The molecule has 0 aromatic heterocycles. The van der Waals surface area contributed by atoms with Gasteiger partial charge in [0.15, 0.2) is 0 Å². The zero-order valence-corrected chi connectivity index (χ0v) is 9.90. The highest BCUT2D eigenvalue weighted by atomic mass is 16.7. The fourth-order valence-electron chi connectivity index (χ4n) is 1.35. The van der Waals surface area contributed by atoms with Crippen LogP contribution < -0.4 is 5.48 Å². The molecular formula is C13H19NO2. The second kappa shape index (κ2) is 7.01. The Morgan fingerprint density at radius 3 is 2.62 bits per heavy atom. The predicted molar refractivity (Wildman–Crippen MR) is 63.7 cm³/mol. The minimum absolute atomic E-state index is 0.192. The number of hydroxylamine groups is 1. The van der Waals surface area contributed by atoms with Crippen molar-refractivity contribution in [2.45, 2.75) is 26.7 Å². The number of hydrogen-bond donors (Lipinski definition) is 1. The lowest BCUT2D eigenvalue weighted by Crippen LogP contribution is -2.23. The maximum Gasteiger partial charge on any atom is 0.324 e. The van der Waals surface area contributed by atoms with E-state index in [1.165, 1.54) is 5.56 Å². The Balaban J connectivity index is 2.10. The normalized spacial score (nSPS) is 10.4. The number of nitrogens with one attached hydrogen (secondary N) is 1. The molecule has 0 aliphatic rings. The summed E-state index contributed by atoms with van der Waals surface area (Å²) < 4.78 is 0. The van der Waals surface area contributed by atoms with Crippen molar-refractivity contribution in [2.75, 3.05) is 6.54 Å². The van der Waals surface area contributed by atoms with E-state index in [4.69, 9.17) is 4.84 Å². The van der Waals surface area contributed by atoms with Gasteiger partial charge >= 0.3 is 5.97 Å². The monoisotopic (exact) mass is 221 g/mol. The van der Waals surface area contributed by atoms with Crippen molar-refractivity contribution in [1.29, 1.82) is 0 Å². The first-order valence-corrected chi connectivity index (χ1v) is 5.65. The third kappa shape index (κ3) is 5.51. The zero-order chi connectivity index (χ0) is 11.8. The van der Waals surface area contributed by atoms with Gasteiger partial charge in [0.1, 0.15) is 0 Å². The van der Waals surface area contributed by atoms with Gasteiger partial charge in [0, 0.05) is 13.0 Å². The van der Waals surface area contributed by atoms with Gasteiger partial charge in [0.2, 0.25) is 0 Å². The molecule has 88 valence electrons.